The van der Waals surface area contributed by atoms with Gasteiger partial charge in [-0.1, -0.05) is 38.1 Å². The average molecular weight is 475 g/mol. The van der Waals surface area contributed by atoms with E-state index in [0.717, 1.165) is 35.6 Å². The molecule has 35 heavy (non-hydrogen) atoms. The van der Waals surface area contributed by atoms with Gasteiger partial charge in [0.25, 0.3) is 5.91 Å². The molecule has 182 valence electrons. The normalized spacial score (nSPS) is 14.6. The molecule has 0 spiro atoms. The molecule has 0 bridgehead atoms. The fourth-order valence-electron chi connectivity index (χ4n) is 4.56. The number of hydrogen-bond acceptors (Lipinski definition) is 6. The third-order valence-electron chi connectivity index (χ3n) is 6.37. The maximum absolute atomic E-state index is 12.8. The first-order chi connectivity index (χ1) is 16.7. The molecule has 0 radical (unpaired) electrons. The molecule has 1 amide bonds. The van der Waals surface area contributed by atoms with E-state index in [0.29, 0.717) is 31.0 Å². The first-order valence-corrected chi connectivity index (χ1v) is 11.8. The van der Waals surface area contributed by atoms with E-state index in [1.165, 1.54) is 6.26 Å². The van der Waals surface area contributed by atoms with Crippen molar-refractivity contribution in [2.45, 2.75) is 27.3 Å². The lowest BCUT2D eigenvalue weighted by Crippen LogP contribution is -2.48. The molecule has 4 heterocycles. The highest BCUT2D eigenvalue weighted by molar-refractivity contribution is 5.92. The Morgan fingerprint density at radius 1 is 1.00 bits per heavy atom. The van der Waals surface area contributed by atoms with Crippen molar-refractivity contribution in [3.05, 3.63) is 64.9 Å². The Balaban J connectivity index is 1.32. The maximum Gasteiger partial charge on any atom is 0.330 e. The number of anilines is 1. The van der Waals surface area contributed by atoms with Crippen LogP contribution >= 0.6 is 0 Å². The van der Waals surface area contributed by atoms with E-state index in [4.69, 9.17) is 9.51 Å². The summed E-state index contributed by atoms with van der Waals surface area (Å²) in [4.78, 5) is 34.2. The van der Waals surface area contributed by atoms with Crippen molar-refractivity contribution >= 4 is 22.8 Å². The van der Waals surface area contributed by atoms with E-state index in [-0.39, 0.29) is 17.0 Å². The molecule has 1 saturated heterocycles. The van der Waals surface area contributed by atoms with E-state index in [1.54, 1.807) is 22.6 Å². The maximum atomic E-state index is 12.8. The molecule has 1 aliphatic heterocycles. The van der Waals surface area contributed by atoms with Gasteiger partial charge < -0.3 is 14.3 Å². The fourth-order valence-corrected chi connectivity index (χ4v) is 4.56. The summed E-state index contributed by atoms with van der Waals surface area (Å²) < 4.78 is 8.22. The van der Waals surface area contributed by atoms with E-state index >= 15 is 0 Å². The standard InChI is InChI=1S/C26H30N6O3/c1-26(2,3)17-32-22-10-9-20(27-23(22)29(4)25(32)34)18-5-7-19(8-6-18)30-12-14-31(15-13-30)24(33)21-11-16-35-28-21/h5-11,16H,12-15,17H2,1-4H3. The van der Waals surface area contributed by atoms with E-state index in [9.17, 15) is 9.59 Å². The molecule has 1 aromatic carbocycles. The average Bonchev–Trinajstić information content (AvgIpc) is 3.47. The van der Waals surface area contributed by atoms with Crippen LogP contribution in [0.15, 0.2) is 58.0 Å². The van der Waals surface area contributed by atoms with Gasteiger partial charge in [0.05, 0.1) is 11.2 Å². The molecule has 4 aromatic rings. The number of fused-ring (bicyclic) bond motifs is 1. The van der Waals surface area contributed by atoms with Gasteiger partial charge in [-0.15, -0.1) is 0 Å². The number of piperazine rings is 1. The lowest BCUT2D eigenvalue weighted by Gasteiger charge is -2.35. The summed E-state index contributed by atoms with van der Waals surface area (Å²) in [5.74, 6) is -0.0963. The molecule has 0 saturated carbocycles. The number of nitrogens with zero attached hydrogens (tertiary/aromatic N) is 6. The zero-order chi connectivity index (χ0) is 24.7. The monoisotopic (exact) mass is 474 g/mol. The second-order valence-electron chi connectivity index (χ2n) is 10.2. The van der Waals surface area contributed by atoms with Crippen molar-refractivity contribution in [2.75, 3.05) is 31.1 Å². The molecular weight excluding hydrogens is 444 g/mol. The highest BCUT2D eigenvalue weighted by Crippen LogP contribution is 2.26. The molecule has 5 rings (SSSR count). The third kappa shape index (κ3) is 4.45. The molecule has 0 N–H and O–H groups in total. The van der Waals surface area contributed by atoms with Crippen LogP contribution in [0.1, 0.15) is 31.3 Å². The summed E-state index contributed by atoms with van der Waals surface area (Å²) in [7, 11) is 1.77. The fraction of sp³-hybridized carbons (Fsp3) is 0.385. The van der Waals surface area contributed by atoms with E-state index in [2.05, 4.69) is 55.1 Å². The number of aromatic nitrogens is 4. The number of imidazole rings is 1. The summed E-state index contributed by atoms with van der Waals surface area (Å²) in [5, 5.41) is 3.75. The number of pyridine rings is 1. The van der Waals surface area contributed by atoms with Gasteiger partial charge in [-0.25, -0.2) is 9.78 Å². The predicted octanol–water partition coefficient (Wildman–Crippen LogP) is 3.40. The van der Waals surface area contributed by atoms with Crippen LogP contribution in [0.25, 0.3) is 22.4 Å². The number of carbonyl (C=O) groups is 1. The van der Waals surface area contributed by atoms with Gasteiger partial charge in [-0.05, 0) is 29.7 Å². The molecule has 0 aliphatic carbocycles. The Hall–Kier alpha value is -3.88. The Morgan fingerprint density at radius 3 is 2.34 bits per heavy atom. The minimum atomic E-state index is -0.0963. The van der Waals surface area contributed by atoms with E-state index < -0.39 is 0 Å². The quantitative estimate of drug-likeness (QED) is 0.450. The number of amides is 1. The Bertz CT molecular complexity index is 1400. The zero-order valence-electron chi connectivity index (χ0n) is 20.6. The summed E-state index contributed by atoms with van der Waals surface area (Å²) in [6.45, 7) is 9.75. The number of rotatable bonds is 4. The number of hydrogen-bond donors (Lipinski definition) is 0. The van der Waals surface area contributed by atoms with Crippen LogP contribution in [0.5, 0.6) is 0 Å². The first-order valence-electron chi connectivity index (χ1n) is 11.8. The second-order valence-corrected chi connectivity index (χ2v) is 10.2. The van der Waals surface area contributed by atoms with Gasteiger partial charge in [-0.3, -0.25) is 13.9 Å². The number of aryl methyl sites for hydroxylation is 1. The predicted molar refractivity (Wildman–Crippen MR) is 134 cm³/mol. The van der Waals surface area contributed by atoms with Gasteiger partial charge >= 0.3 is 5.69 Å². The molecule has 3 aromatic heterocycles. The molecule has 9 heteroatoms. The van der Waals surface area contributed by atoms with Crippen LogP contribution in [-0.4, -0.2) is 56.3 Å². The van der Waals surface area contributed by atoms with Crippen molar-refractivity contribution in [1.82, 2.24) is 24.2 Å². The highest BCUT2D eigenvalue weighted by atomic mass is 16.5. The highest BCUT2D eigenvalue weighted by Gasteiger charge is 2.24. The first kappa shape index (κ1) is 22.9. The Kier molecular flexibility index (Phi) is 5.70. The van der Waals surface area contributed by atoms with Crippen LogP contribution in [0.2, 0.25) is 0 Å². The van der Waals surface area contributed by atoms with Gasteiger partial charge in [0.15, 0.2) is 11.3 Å². The van der Waals surface area contributed by atoms with E-state index in [1.807, 2.05) is 16.7 Å². The van der Waals surface area contributed by atoms with Crippen molar-refractivity contribution in [1.29, 1.82) is 0 Å². The SMILES string of the molecule is Cn1c(=O)n(CC(C)(C)C)c2ccc(-c3ccc(N4CCN(C(=O)c5ccon5)CC4)cc3)nc21. The third-order valence-corrected chi connectivity index (χ3v) is 6.37. The second kappa shape index (κ2) is 8.72. The molecule has 0 unspecified atom stereocenters. The molecule has 1 aliphatic rings. The largest absolute Gasteiger partial charge is 0.368 e. The van der Waals surface area contributed by atoms with Crippen LogP contribution in [-0.2, 0) is 13.6 Å². The Morgan fingerprint density at radius 2 is 1.71 bits per heavy atom. The summed E-state index contributed by atoms with van der Waals surface area (Å²) in [5.41, 5.74) is 4.75. The van der Waals surface area contributed by atoms with Gasteiger partial charge in [0.2, 0.25) is 0 Å². The smallest absolute Gasteiger partial charge is 0.330 e. The minimum Gasteiger partial charge on any atom is -0.368 e. The van der Waals surface area contributed by atoms with Crippen molar-refractivity contribution in [3.63, 3.8) is 0 Å². The van der Waals surface area contributed by atoms with Crippen LogP contribution in [0, 0.1) is 5.41 Å². The lowest BCUT2D eigenvalue weighted by molar-refractivity contribution is 0.0736. The van der Waals surface area contributed by atoms with Gasteiger partial charge in [0.1, 0.15) is 6.26 Å². The van der Waals surface area contributed by atoms with Gasteiger partial charge in [0, 0.05) is 57.1 Å². The summed E-state index contributed by atoms with van der Waals surface area (Å²) >= 11 is 0. The topological polar surface area (TPSA) is 89.4 Å². The van der Waals surface area contributed by atoms with Crippen LogP contribution in [0.3, 0.4) is 0 Å². The molecular formula is C26H30N6O3. The number of carbonyl (C=O) groups excluding carboxylic acids is 1. The zero-order valence-corrected chi connectivity index (χ0v) is 20.6. The number of benzene rings is 1. The molecule has 1 fully saturated rings. The Labute approximate surface area is 203 Å². The minimum absolute atomic E-state index is 0.0124. The summed E-state index contributed by atoms with van der Waals surface area (Å²) in [6, 6.07) is 13.8. The molecule has 0 atom stereocenters. The van der Waals surface area contributed by atoms with Gasteiger partial charge in [-0.2, -0.15) is 0 Å². The van der Waals surface area contributed by atoms with Crippen molar-refractivity contribution in [3.8, 4) is 11.3 Å². The summed E-state index contributed by atoms with van der Waals surface area (Å²) in [6.07, 6.45) is 1.42. The van der Waals surface area contributed by atoms with Crippen LogP contribution in [0.4, 0.5) is 5.69 Å². The molecule has 9 nitrogen and oxygen atoms in total. The van der Waals surface area contributed by atoms with Crippen molar-refractivity contribution < 1.29 is 9.32 Å². The lowest BCUT2D eigenvalue weighted by atomic mass is 9.97. The van der Waals surface area contributed by atoms with Crippen molar-refractivity contribution in [2.24, 2.45) is 12.5 Å². The van der Waals surface area contributed by atoms with Crippen LogP contribution < -0.4 is 10.6 Å².